The Kier molecular flexibility index (Phi) is 5.50. The van der Waals surface area contributed by atoms with Crippen LogP contribution in [0, 0.1) is 0 Å². The molecule has 1 aromatic carbocycles. The average Bonchev–Trinajstić information content (AvgIpc) is 3.10. The molecule has 1 aliphatic rings. The lowest BCUT2D eigenvalue weighted by molar-refractivity contribution is 0.0962. The number of piperazine rings is 1. The second-order valence-electron chi connectivity index (χ2n) is 6.74. The molecule has 134 valence electrons. The molecule has 0 bridgehead atoms. The van der Waals surface area contributed by atoms with Crippen molar-refractivity contribution < 1.29 is 4.79 Å². The second kappa shape index (κ2) is 7.80. The first-order valence-electron chi connectivity index (χ1n) is 8.88. The van der Waals surface area contributed by atoms with E-state index in [-0.39, 0.29) is 11.9 Å². The molecule has 25 heavy (non-hydrogen) atoms. The molecule has 0 spiro atoms. The fourth-order valence-corrected chi connectivity index (χ4v) is 3.41. The van der Waals surface area contributed by atoms with Gasteiger partial charge in [-0.3, -0.25) is 9.69 Å². The van der Waals surface area contributed by atoms with Gasteiger partial charge >= 0.3 is 0 Å². The smallest absolute Gasteiger partial charge is 0.251 e. The largest absolute Gasteiger partial charge is 0.355 e. The number of amides is 1. The van der Waals surface area contributed by atoms with Gasteiger partial charge < -0.3 is 15.2 Å². The third-order valence-corrected chi connectivity index (χ3v) is 4.76. The summed E-state index contributed by atoms with van der Waals surface area (Å²) in [6.07, 6.45) is 3.92. The summed E-state index contributed by atoms with van der Waals surface area (Å²) < 4.78 is 2.22. The van der Waals surface area contributed by atoms with E-state index in [1.54, 1.807) is 7.05 Å². The van der Waals surface area contributed by atoms with Crippen LogP contribution < -0.4 is 10.6 Å². The fraction of sp³-hybridized carbons (Fsp3) is 0.474. The maximum Gasteiger partial charge on any atom is 0.251 e. The van der Waals surface area contributed by atoms with Gasteiger partial charge in [0.2, 0.25) is 0 Å². The molecule has 2 aromatic rings. The summed E-state index contributed by atoms with van der Waals surface area (Å²) in [7, 11) is 1.66. The molecule has 2 heterocycles. The first kappa shape index (κ1) is 17.6. The number of carbonyl (C=O) groups is 1. The summed E-state index contributed by atoms with van der Waals surface area (Å²) >= 11 is 0. The lowest BCUT2D eigenvalue weighted by Gasteiger charge is -2.36. The van der Waals surface area contributed by atoms with E-state index in [2.05, 4.69) is 45.0 Å². The Morgan fingerprint density at radius 3 is 3.04 bits per heavy atom. The monoisotopic (exact) mass is 341 g/mol. The van der Waals surface area contributed by atoms with Crippen LogP contribution in [0.4, 0.5) is 0 Å². The van der Waals surface area contributed by atoms with E-state index >= 15 is 0 Å². The topological polar surface area (TPSA) is 62.2 Å². The second-order valence-corrected chi connectivity index (χ2v) is 6.74. The van der Waals surface area contributed by atoms with Crippen LogP contribution in [0.5, 0.6) is 0 Å². The van der Waals surface area contributed by atoms with Crippen molar-refractivity contribution in [2.24, 2.45) is 0 Å². The van der Waals surface area contributed by atoms with Crippen molar-refractivity contribution in [2.45, 2.75) is 32.5 Å². The number of hydrogen-bond donors (Lipinski definition) is 2. The minimum absolute atomic E-state index is 0.0486. The lowest BCUT2D eigenvalue weighted by Crippen LogP contribution is -2.46. The maximum atomic E-state index is 12.0. The third-order valence-electron chi connectivity index (χ3n) is 4.76. The molecule has 0 radical (unpaired) electrons. The van der Waals surface area contributed by atoms with Crippen LogP contribution in [-0.4, -0.2) is 47.0 Å². The Balaban J connectivity index is 1.84. The third kappa shape index (κ3) is 3.91. The van der Waals surface area contributed by atoms with E-state index in [1.165, 1.54) is 0 Å². The first-order chi connectivity index (χ1) is 12.1. The van der Waals surface area contributed by atoms with Gasteiger partial charge in [-0.1, -0.05) is 12.1 Å². The van der Waals surface area contributed by atoms with Crippen LogP contribution >= 0.6 is 0 Å². The number of rotatable bonds is 5. The van der Waals surface area contributed by atoms with Crippen LogP contribution in [0.15, 0.2) is 36.7 Å². The van der Waals surface area contributed by atoms with Crippen molar-refractivity contribution in [1.29, 1.82) is 0 Å². The van der Waals surface area contributed by atoms with Crippen molar-refractivity contribution >= 4 is 5.91 Å². The highest BCUT2D eigenvalue weighted by Crippen LogP contribution is 2.25. The van der Waals surface area contributed by atoms with Crippen LogP contribution in [0.25, 0.3) is 0 Å². The van der Waals surface area contributed by atoms with Crippen molar-refractivity contribution in [3.63, 3.8) is 0 Å². The zero-order valence-electron chi connectivity index (χ0n) is 15.2. The number of imidazole rings is 1. The van der Waals surface area contributed by atoms with Gasteiger partial charge in [0.15, 0.2) is 0 Å². The van der Waals surface area contributed by atoms with E-state index in [0.717, 1.165) is 37.6 Å². The molecule has 0 unspecified atom stereocenters. The van der Waals surface area contributed by atoms with E-state index in [9.17, 15) is 4.79 Å². The minimum atomic E-state index is -0.0486. The SMILES string of the molecule is CNC(=O)c1cccc([C@@H]2CNCCN2Cc2nccn2C(C)C)c1. The Labute approximate surface area is 149 Å². The van der Waals surface area contributed by atoms with Crippen molar-refractivity contribution in [1.82, 2.24) is 25.1 Å². The standard InChI is InChI=1S/C19H27N5O/c1-14(2)24-10-8-22-18(24)13-23-9-7-21-12-17(23)15-5-4-6-16(11-15)19(25)20-3/h4-6,8,10-11,14,17,21H,7,9,12-13H2,1-3H3,(H,20,25)/t17-/m0/s1. The normalized spacial score (nSPS) is 18.5. The predicted molar refractivity (Wildman–Crippen MR) is 98.5 cm³/mol. The minimum Gasteiger partial charge on any atom is -0.355 e. The highest BCUT2D eigenvalue weighted by Gasteiger charge is 2.25. The van der Waals surface area contributed by atoms with Gasteiger partial charge in [0.25, 0.3) is 5.91 Å². The average molecular weight is 341 g/mol. The van der Waals surface area contributed by atoms with Gasteiger partial charge in [-0.05, 0) is 31.5 Å². The molecular formula is C19H27N5O. The van der Waals surface area contributed by atoms with Gasteiger partial charge in [-0.2, -0.15) is 0 Å². The molecule has 0 aliphatic carbocycles. The quantitative estimate of drug-likeness (QED) is 0.873. The van der Waals surface area contributed by atoms with Gasteiger partial charge in [-0.25, -0.2) is 4.98 Å². The summed E-state index contributed by atoms with van der Waals surface area (Å²) in [6, 6.07) is 8.55. The lowest BCUT2D eigenvalue weighted by atomic mass is 10.0. The number of carbonyl (C=O) groups excluding carboxylic acids is 1. The van der Waals surface area contributed by atoms with Gasteiger partial charge in [0.1, 0.15) is 5.82 Å². The summed E-state index contributed by atoms with van der Waals surface area (Å²) in [4.78, 5) is 19.0. The highest BCUT2D eigenvalue weighted by atomic mass is 16.1. The van der Waals surface area contributed by atoms with Crippen LogP contribution in [-0.2, 0) is 6.54 Å². The zero-order chi connectivity index (χ0) is 17.8. The molecule has 1 fully saturated rings. The Morgan fingerprint density at radius 1 is 1.44 bits per heavy atom. The molecular weight excluding hydrogens is 314 g/mol. The number of nitrogens with zero attached hydrogens (tertiary/aromatic N) is 3. The molecule has 2 N–H and O–H groups in total. The molecule has 6 heteroatoms. The molecule has 6 nitrogen and oxygen atoms in total. The first-order valence-corrected chi connectivity index (χ1v) is 8.88. The van der Waals surface area contributed by atoms with Crippen LogP contribution in [0.3, 0.4) is 0 Å². The predicted octanol–water partition coefficient (Wildman–Crippen LogP) is 1.97. The number of hydrogen-bond acceptors (Lipinski definition) is 4. The Bertz CT molecular complexity index is 724. The van der Waals surface area contributed by atoms with Crippen molar-refractivity contribution in [2.75, 3.05) is 26.7 Å². The maximum absolute atomic E-state index is 12.0. The molecule has 1 atom stereocenters. The Hall–Kier alpha value is -2.18. The van der Waals surface area contributed by atoms with E-state index < -0.39 is 0 Å². The molecule has 1 amide bonds. The summed E-state index contributed by atoms with van der Waals surface area (Å²) in [5, 5.41) is 6.17. The van der Waals surface area contributed by atoms with E-state index in [1.807, 2.05) is 30.6 Å². The fourth-order valence-electron chi connectivity index (χ4n) is 3.41. The van der Waals surface area contributed by atoms with Crippen molar-refractivity contribution in [3.05, 3.63) is 53.6 Å². The molecule has 1 aromatic heterocycles. The summed E-state index contributed by atoms with van der Waals surface area (Å²) in [6.45, 7) is 7.95. The van der Waals surface area contributed by atoms with Crippen LogP contribution in [0.1, 0.15) is 47.7 Å². The highest BCUT2D eigenvalue weighted by molar-refractivity contribution is 5.94. The number of nitrogens with one attached hydrogen (secondary N) is 2. The number of aromatic nitrogens is 2. The Morgan fingerprint density at radius 2 is 2.28 bits per heavy atom. The van der Waals surface area contributed by atoms with Crippen molar-refractivity contribution in [3.8, 4) is 0 Å². The molecule has 1 saturated heterocycles. The van der Waals surface area contributed by atoms with Gasteiger partial charge in [-0.15, -0.1) is 0 Å². The summed E-state index contributed by atoms with van der Waals surface area (Å²) in [5.74, 6) is 1.04. The molecule has 0 saturated carbocycles. The van der Waals surface area contributed by atoms with Crippen LogP contribution in [0.2, 0.25) is 0 Å². The van der Waals surface area contributed by atoms with E-state index in [4.69, 9.17) is 0 Å². The van der Waals surface area contributed by atoms with Gasteiger partial charge in [0, 0.05) is 56.7 Å². The molecule has 1 aliphatic heterocycles. The van der Waals surface area contributed by atoms with E-state index in [0.29, 0.717) is 11.6 Å². The summed E-state index contributed by atoms with van der Waals surface area (Å²) in [5.41, 5.74) is 1.87. The zero-order valence-corrected chi connectivity index (χ0v) is 15.2. The number of benzene rings is 1. The van der Waals surface area contributed by atoms with Gasteiger partial charge in [0.05, 0.1) is 6.54 Å². The molecule has 3 rings (SSSR count).